The van der Waals surface area contributed by atoms with Crippen molar-refractivity contribution in [3.63, 3.8) is 0 Å². The normalized spacial score (nSPS) is 10.7. The number of hydrogen-bond donors (Lipinski definition) is 1. The quantitative estimate of drug-likeness (QED) is 0.834. The summed E-state index contributed by atoms with van der Waals surface area (Å²) in [7, 11) is 0. The lowest BCUT2D eigenvalue weighted by atomic mass is 10.4. The van der Waals surface area contributed by atoms with Gasteiger partial charge >= 0.3 is 0 Å². The van der Waals surface area contributed by atoms with Gasteiger partial charge in [0.1, 0.15) is 0 Å². The zero-order chi connectivity index (χ0) is 10.5. The molecular formula is C10H11ClN2S2. The number of aromatic nitrogens is 1. The summed E-state index contributed by atoms with van der Waals surface area (Å²) in [4.78, 5) is 5.50. The summed E-state index contributed by atoms with van der Waals surface area (Å²) in [6.07, 6.45) is 2.84. The van der Waals surface area contributed by atoms with E-state index in [1.807, 2.05) is 17.6 Å². The number of rotatable bonds is 5. The molecule has 0 fully saturated rings. The summed E-state index contributed by atoms with van der Waals surface area (Å²) in [5, 5.41) is 6.57. The molecule has 2 aromatic rings. The average Bonchev–Trinajstić information content (AvgIpc) is 2.84. The topological polar surface area (TPSA) is 24.9 Å². The molecule has 0 aromatic carbocycles. The molecule has 0 aliphatic carbocycles. The van der Waals surface area contributed by atoms with E-state index in [4.69, 9.17) is 11.6 Å². The maximum absolute atomic E-state index is 5.84. The first-order chi connectivity index (χ1) is 7.34. The fourth-order valence-corrected chi connectivity index (χ4v) is 2.91. The van der Waals surface area contributed by atoms with E-state index in [0.717, 1.165) is 23.8 Å². The van der Waals surface area contributed by atoms with E-state index >= 15 is 0 Å². The standard InChI is InChI=1S/C10H11ClN2S2/c11-9-2-1-8(15-9)7-12-4-3-10-13-5-6-14-10/h1-2,5-6,12H,3-4,7H2. The van der Waals surface area contributed by atoms with E-state index in [9.17, 15) is 0 Å². The minimum Gasteiger partial charge on any atom is -0.311 e. The molecule has 2 nitrogen and oxygen atoms in total. The second-order valence-corrected chi connectivity index (χ2v) is 5.84. The number of nitrogens with one attached hydrogen (secondary N) is 1. The first-order valence-corrected chi connectivity index (χ1v) is 6.75. The van der Waals surface area contributed by atoms with Crippen LogP contribution in [0.1, 0.15) is 9.88 Å². The van der Waals surface area contributed by atoms with Crippen molar-refractivity contribution in [2.24, 2.45) is 0 Å². The smallest absolute Gasteiger partial charge is 0.0937 e. The van der Waals surface area contributed by atoms with E-state index in [1.54, 1.807) is 22.7 Å². The Morgan fingerprint density at radius 1 is 1.40 bits per heavy atom. The van der Waals surface area contributed by atoms with Crippen molar-refractivity contribution < 1.29 is 0 Å². The molecule has 2 aromatic heterocycles. The summed E-state index contributed by atoms with van der Waals surface area (Å²) < 4.78 is 0.853. The van der Waals surface area contributed by atoms with Crippen molar-refractivity contribution in [2.75, 3.05) is 6.54 Å². The van der Waals surface area contributed by atoms with Crippen LogP contribution in [0.4, 0.5) is 0 Å². The van der Waals surface area contributed by atoms with Crippen LogP contribution >= 0.6 is 34.3 Å². The molecule has 0 aliphatic rings. The molecule has 80 valence electrons. The molecule has 0 aliphatic heterocycles. The fourth-order valence-electron chi connectivity index (χ4n) is 1.23. The van der Waals surface area contributed by atoms with Gasteiger partial charge in [0.05, 0.1) is 9.34 Å². The van der Waals surface area contributed by atoms with Gasteiger partial charge in [-0.15, -0.1) is 22.7 Å². The Hall–Kier alpha value is -0.420. The van der Waals surface area contributed by atoms with Gasteiger partial charge < -0.3 is 5.32 Å². The van der Waals surface area contributed by atoms with Crippen LogP contribution in [0.2, 0.25) is 4.34 Å². The highest BCUT2D eigenvalue weighted by Crippen LogP contribution is 2.20. The average molecular weight is 259 g/mol. The molecule has 15 heavy (non-hydrogen) atoms. The van der Waals surface area contributed by atoms with Crippen LogP contribution in [0.5, 0.6) is 0 Å². The largest absolute Gasteiger partial charge is 0.311 e. The monoisotopic (exact) mass is 258 g/mol. The van der Waals surface area contributed by atoms with Gasteiger partial charge in [0, 0.05) is 36.0 Å². The Kier molecular flexibility index (Phi) is 4.14. The molecule has 0 radical (unpaired) electrons. The van der Waals surface area contributed by atoms with Gasteiger partial charge in [-0.25, -0.2) is 4.98 Å². The van der Waals surface area contributed by atoms with Gasteiger partial charge in [-0.1, -0.05) is 11.6 Å². The van der Waals surface area contributed by atoms with E-state index in [0.29, 0.717) is 0 Å². The summed E-state index contributed by atoms with van der Waals surface area (Å²) in [6, 6.07) is 3.99. The Bertz CT molecular complexity index is 397. The molecule has 0 amide bonds. The SMILES string of the molecule is Clc1ccc(CNCCc2nccs2)s1. The summed E-state index contributed by atoms with van der Waals surface area (Å²) >= 11 is 9.17. The van der Waals surface area contributed by atoms with Gasteiger partial charge in [0.15, 0.2) is 0 Å². The third-order valence-corrected chi connectivity index (χ3v) is 4.00. The van der Waals surface area contributed by atoms with Crippen LogP contribution in [-0.2, 0) is 13.0 Å². The Balaban J connectivity index is 1.67. The Morgan fingerprint density at radius 3 is 3.00 bits per heavy atom. The molecule has 2 heterocycles. The molecule has 0 saturated carbocycles. The first kappa shape index (κ1) is 11.1. The van der Waals surface area contributed by atoms with Crippen LogP contribution in [0.3, 0.4) is 0 Å². The fraction of sp³-hybridized carbons (Fsp3) is 0.300. The summed E-state index contributed by atoms with van der Waals surface area (Å²) in [5.74, 6) is 0. The lowest BCUT2D eigenvalue weighted by Gasteiger charge is -2.00. The van der Waals surface area contributed by atoms with Crippen LogP contribution in [0.25, 0.3) is 0 Å². The number of hydrogen-bond acceptors (Lipinski definition) is 4. The van der Waals surface area contributed by atoms with Crippen LogP contribution < -0.4 is 5.32 Å². The highest BCUT2D eigenvalue weighted by atomic mass is 35.5. The summed E-state index contributed by atoms with van der Waals surface area (Å²) in [6.45, 7) is 1.85. The minimum atomic E-state index is 0.853. The predicted octanol–water partition coefficient (Wildman–Crippen LogP) is 3.19. The van der Waals surface area contributed by atoms with E-state index < -0.39 is 0 Å². The first-order valence-electron chi connectivity index (χ1n) is 4.68. The van der Waals surface area contributed by atoms with Crippen molar-refractivity contribution in [2.45, 2.75) is 13.0 Å². The van der Waals surface area contributed by atoms with E-state index in [1.165, 1.54) is 9.88 Å². The number of halogens is 1. The van der Waals surface area contributed by atoms with Gasteiger partial charge in [0.25, 0.3) is 0 Å². The Morgan fingerprint density at radius 2 is 2.33 bits per heavy atom. The maximum atomic E-state index is 5.84. The molecule has 2 rings (SSSR count). The van der Waals surface area contributed by atoms with E-state index in [-0.39, 0.29) is 0 Å². The molecule has 0 spiro atoms. The molecular weight excluding hydrogens is 248 g/mol. The summed E-state index contributed by atoms with van der Waals surface area (Å²) in [5.41, 5.74) is 0. The lowest BCUT2D eigenvalue weighted by molar-refractivity contribution is 0.692. The molecule has 5 heteroatoms. The number of thiazole rings is 1. The highest BCUT2D eigenvalue weighted by Gasteiger charge is 1.98. The van der Waals surface area contributed by atoms with Crippen LogP contribution in [-0.4, -0.2) is 11.5 Å². The second kappa shape index (κ2) is 5.61. The third-order valence-electron chi connectivity index (χ3n) is 1.93. The predicted molar refractivity (Wildman–Crippen MR) is 66.9 cm³/mol. The van der Waals surface area contributed by atoms with Crippen molar-refractivity contribution in [3.05, 3.63) is 37.9 Å². The van der Waals surface area contributed by atoms with Crippen molar-refractivity contribution >= 4 is 34.3 Å². The van der Waals surface area contributed by atoms with Crippen molar-refractivity contribution in [1.82, 2.24) is 10.3 Å². The zero-order valence-electron chi connectivity index (χ0n) is 8.07. The lowest BCUT2D eigenvalue weighted by Crippen LogP contribution is -2.15. The molecule has 0 unspecified atom stereocenters. The minimum absolute atomic E-state index is 0.853. The molecule has 1 N–H and O–H groups in total. The van der Waals surface area contributed by atoms with Crippen molar-refractivity contribution in [1.29, 1.82) is 0 Å². The third kappa shape index (κ3) is 3.57. The second-order valence-electron chi connectivity index (χ2n) is 3.06. The van der Waals surface area contributed by atoms with Crippen molar-refractivity contribution in [3.8, 4) is 0 Å². The highest BCUT2D eigenvalue weighted by molar-refractivity contribution is 7.16. The molecule has 0 bridgehead atoms. The van der Waals surface area contributed by atoms with Gasteiger partial charge in [-0.05, 0) is 12.1 Å². The van der Waals surface area contributed by atoms with E-state index in [2.05, 4.69) is 16.4 Å². The van der Waals surface area contributed by atoms with Crippen LogP contribution in [0, 0.1) is 0 Å². The number of nitrogens with zero attached hydrogens (tertiary/aromatic N) is 1. The number of thiophene rings is 1. The maximum Gasteiger partial charge on any atom is 0.0937 e. The zero-order valence-corrected chi connectivity index (χ0v) is 10.5. The Labute approximate surface area is 102 Å². The van der Waals surface area contributed by atoms with Gasteiger partial charge in [-0.2, -0.15) is 0 Å². The molecule has 0 atom stereocenters. The molecule has 0 saturated heterocycles. The van der Waals surface area contributed by atoms with Gasteiger partial charge in [-0.3, -0.25) is 0 Å². The van der Waals surface area contributed by atoms with Crippen LogP contribution in [0.15, 0.2) is 23.7 Å². The van der Waals surface area contributed by atoms with Gasteiger partial charge in [0.2, 0.25) is 0 Å².